The standard InChI is InChI=1S/C19H21NO2.ClH/c21-18-11-12-20(13-16-7-3-1-4-8-16)14-19(18)22-15-17-9-5-2-6-10-17;/h1-10,19H,11-15H2;1H. The minimum Gasteiger partial charge on any atom is -0.364 e. The largest absolute Gasteiger partial charge is 0.364 e. The van der Waals surface area contributed by atoms with Crippen molar-refractivity contribution in [3.8, 4) is 0 Å². The van der Waals surface area contributed by atoms with Crippen molar-refractivity contribution >= 4 is 18.2 Å². The van der Waals surface area contributed by atoms with Crippen molar-refractivity contribution in [3.63, 3.8) is 0 Å². The Morgan fingerprint density at radius 2 is 1.57 bits per heavy atom. The van der Waals surface area contributed by atoms with Gasteiger partial charge in [0.25, 0.3) is 0 Å². The number of benzene rings is 2. The fraction of sp³-hybridized carbons (Fsp3) is 0.316. The Balaban J connectivity index is 0.00000192. The number of likely N-dealkylation sites (tertiary alicyclic amines) is 1. The van der Waals surface area contributed by atoms with Gasteiger partial charge in [-0.2, -0.15) is 0 Å². The molecule has 1 fully saturated rings. The predicted molar refractivity (Wildman–Crippen MR) is 93.6 cm³/mol. The minimum atomic E-state index is -0.308. The third kappa shape index (κ3) is 5.17. The van der Waals surface area contributed by atoms with E-state index in [1.54, 1.807) is 0 Å². The maximum absolute atomic E-state index is 12.1. The molecule has 0 bridgehead atoms. The van der Waals surface area contributed by atoms with Gasteiger partial charge in [-0.1, -0.05) is 60.7 Å². The van der Waals surface area contributed by atoms with Crippen LogP contribution >= 0.6 is 12.4 Å². The maximum atomic E-state index is 12.1. The van der Waals surface area contributed by atoms with Gasteiger partial charge in [0.05, 0.1) is 6.61 Å². The first-order valence-electron chi connectivity index (χ1n) is 7.76. The van der Waals surface area contributed by atoms with E-state index in [4.69, 9.17) is 4.74 Å². The Bertz CT molecular complexity index is 603. The maximum Gasteiger partial charge on any atom is 0.164 e. The molecule has 2 aromatic carbocycles. The molecular formula is C19H22ClNO2. The Labute approximate surface area is 143 Å². The van der Waals surface area contributed by atoms with Crippen molar-refractivity contribution in [3.05, 3.63) is 71.8 Å². The normalized spacial score (nSPS) is 18.4. The number of carbonyl (C=O) groups is 1. The number of ether oxygens (including phenoxy) is 1. The molecule has 1 unspecified atom stereocenters. The minimum absolute atomic E-state index is 0. The highest BCUT2D eigenvalue weighted by molar-refractivity contribution is 5.85. The first-order chi connectivity index (χ1) is 10.8. The van der Waals surface area contributed by atoms with Crippen LogP contribution in [0.4, 0.5) is 0 Å². The molecule has 23 heavy (non-hydrogen) atoms. The van der Waals surface area contributed by atoms with Crippen LogP contribution in [0.3, 0.4) is 0 Å². The molecule has 0 amide bonds. The van der Waals surface area contributed by atoms with Gasteiger partial charge in [-0.25, -0.2) is 0 Å². The first kappa shape index (κ1) is 17.7. The molecular weight excluding hydrogens is 310 g/mol. The molecule has 1 aliphatic rings. The lowest BCUT2D eigenvalue weighted by atomic mass is 10.1. The van der Waals surface area contributed by atoms with E-state index in [-0.39, 0.29) is 24.3 Å². The highest BCUT2D eigenvalue weighted by Crippen LogP contribution is 2.15. The van der Waals surface area contributed by atoms with E-state index in [0.29, 0.717) is 19.6 Å². The van der Waals surface area contributed by atoms with Crippen molar-refractivity contribution in [2.24, 2.45) is 0 Å². The number of hydrogen-bond donors (Lipinski definition) is 0. The number of hydrogen-bond acceptors (Lipinski definition) is 3. The third-order valence-electron chi connectivity index (χ3n) is 4.00. The summed E-state index contributed by atoms with van der Waals surface area (Å²) in [5, 5.41) is 0. The zero-order valence-electron chi connectivity index (χ0n) is 13.1. The topological polar surface area (TPSA) is 29.5 Å². The molecule has 4 heteroatoms. The van der Waals surface area contributed by atoms with Crippen LogP contribution in [-0.2, 0) is 22.7 Å². The highest BCUT2D eigenvalue weighted by Gasteiger charge is 2.27. The number of rotatable bonds is 5. The van der Waals surface area contributed by atoms with Crippen LogP contribution in [0.25, 0.3) is 0 Å². The average molecular weight is 332 g/mol. The van der Waals surface area contributed by atoms with Crippen LogP contribution in [0.1, 0.15) is 17.5 Å². The summed E-state index contributed by atoms with van der Waals surface area (Å²) in [7, 11) is 0. The van der Waals surface area contributed by atoms with E-state index in [2.05, 4.69) is 17.0 Å². The van der Waals surface area contributed by atoms with Crippen molar-refractivity contribution in [2.75, 3.05) is 13.1 Å². The Morgan fingerprint density at radius 3 is 2.22 bits per heavy atom. The molecule has 0 radical (unpaired) electrons. The smallest absolute Gasteiger partial charge is 0.164 e. The van der Waals surface area contributed by atoms with Crippen LogP contribution in [0.15, 0.2) is 60.7 Å². The molecule has 1 aliphatic heterocycles. The molecule has 0 saturated carbocycles. The van der Waals surface area contributed by atoms with Crippen LogP contribution in [0, 0.1) is 0 Å². The van der Waals surface area contributed by atoms with Gasteiger partial charge in [0.15, 0.2) is 5.78 Å². The molecule has 0 aliphatic carbocycles. The molecule has 1 saturated heterocycles. The second-order valence-electron chi connectivity index (χ2n) is 5.72. The first-order valence-corrected chi connectivity index (χ1v) is 7.76. The van der Waals surface area contributed by atoms with Gasteiger partial charge in [-0.3, -0.25) is 9.69 Å². The van der Waals surface area contributed by atoms with E-state index in [9.17, 15) is 4.79 Å². The molecule has 1 heterocycles. The van der Waals surface area contributed by atoms with E-state index >= 15 is 0 Å². The zero-order chi connectivity index (χ0) is 15.2. The van der Waals surface area contributed by atoms with Gasteiger partial charge < -0.3 is 4.74 Å². The van der Waals surface area contributed by atoms with Gasteiger partial charge in [0, 0.05) is 26.1 Å². The zero-order valence-corrected chi connectivity index (χ0v) is 13.9. The van der Waals surface area contributed by atoms with Gasteiger partial charge in [-0.15, -0.1) is 12.4 Å². The summed E-state index contributed by atoms with van der Waals surface area (Å²) in [5.41, 5.74) is 2.38. The van der Waals surface area contributed by atoms with Crippen LogP contribution in [0.2, 0.25) is 0 Å². The molecule has 0 aromatic heterocycles. The second-order valence-corrected chi connectivity index (χ2v) is 5.72. The SMILES string of the molecule is Cl.O=C1CCN(Cc2ccccc2)CC1OCc1ccccc1. The fourth-order valence-electron chi connectivity index (χ4n) is 2.76. The molecule has 0 spiro atoms. The summed E-state index contributed by atoms with van der Waals surface area (Å²) in [6, 6.07) is 20.4. The van der Waals surface area contributed by atoms with Gasteiger partial charge in [-0.05, 0) is 11.1 Å². The highest BCUT2D eigenvalue weighted by atomic mass is 35.5. The summed E-state index contributed by atoms with van der Waals surface area (Å²) in [6.07, 6.45) is 0.268. The summed E-state index contributed by atoms with van der Waals surface area (Å²) in [5.74, 6) is 0.222. The Morgan fingerprint density at radius 1 is 0.957 bits per heavy atom. The van der Waals surface area contributed by atoms with Crippen molar-refractivity contribution in [1.82, 2.24) is 4.90 Å². The molecule has 122 valence electrons. The van der Waals surface area contributed by atoms with Crippen molar-refractivity contribution < 1.29 is 9.53 Å². The van der Waals surface area contributed by atoms with Gasteiger partial charge >= 0.3 is 0 Å². The van der Waals surface area contributed by atoms with E-state index < -0.39 is 0 Å². The molecule has 3 nitrogen and oxygen atoms in total. The van der Waals surface area contributed by atoms with Gasteiger partial charge in [0.1, 0.15) is 6.10 Å². The van der Waals surface area contributed by atoms with E-state index in [1.807, 2.05) is 48.5 Å². The fourth-order valence-corrected chi connectivity index (χ4v) is 2.76. The van der Waals surface area contributed by atoms with Crippen LogP contribution < -0.4 is 0 Å². The van der Waals surface area contributed by atoms with Gasteiger partial charge in [0.2, 0.25) is 0 Å². The Kier molecular flexibility index (Phi) is 6.78. The summed E-state index contributed by atoms with van der Waals surface area (Å²) in [4.78, 5) is 14.4. The molecule has 1 atom stereocenters. The lowest BCUT2D eigenvalue weighted by Gasteiger charge is -2.31. The average Bonchev–Trinajstić information content (AvgIpc) is 2.57. The summed E-state index contributed by atoms with van der Waals surface area (Å²) >= 11 is 0. The number of ketones is 1. The molecule has 3 rings (SSSR count). The third-order valence-corrected chi connectivity index (χ3v) is 4.00. The van der Waals surface area contributed by atoms with Crippen LogP contribution in [0.5, 0.6) is 0 Å². The number of halogens is 1. The van der Waals surface area contributed by atoms with Crippen molar-refractivity contribution in [2.45, 2.75) is 25.7 Å². The lowest BCUT2D eigenvalue weighted by molar-refractivity contribution is -0.137. The molecule has 2 aromatic rings. The van der Waals surface area contributed by atoms with Crippen LogP contribution in [-0.4, -0.2) is 29.9 Å². The lowest BCUT2D eigenvalue weighted by Crippen LogP contribution is -2.45. The number of Topliss-reactive ketones (excluding diaryl/α,β-unsaturated/α-hetero) is 1. The number of nitrogens with zero attached hydrogens (tertiary/aromatic N) is 1. The quantitative estimate of drug-likeness (QED) is 0.840. The summed E-state index contributed by atoms with van der Waals surface area (Å²) < 4.78 is 5.86. The van der Waals surface area contributed by atoms with E-state index in [1.165, 1.54) is 5.56 Å². The summed E-state index contributed by atoms with van der Waals surface area (Å²) in [6.45, 7) is 2.87. The predicted octanol–water partition coefficient (Wildman–Crippen LogP) is 3.47. The Hall–Kier alpha value is -1.68. The monoisotopic (exact) mass is 331 g/mol. The molecule has 0 N–H and O–H groups in total. The van der Waals surface area contributed by atoms with E-state index in [0.717, 1.165) is 18.7 Å². The van der Waals surface area contributed by atoms with Crippen molar-refractivity contribution in [1.29, 1.82) is 0 Å². The number of piperidine rings is 1. The second kappa shape index (κ2) is 8.82. The number of carbonyl (C=O) groups excluding carboxylic acids is 1.